The van der Waals surface area contributed by atoms with Gasteiger partial charge < -0.3 is 9.69 Å². The highest BCUT2D eigenvalue weighted by molar-refractivity contribution is 5.58. The number of aldehydes is 1. The van der Waals surface area contributed by atoms with Gasteiger partial charge in [0, 0.05) is 12.0 Å². The zero-order valence-corrected chi connectivity index (χ0v) is 9.59. The Kier molecular flexibility index (Phi) is 4.59. The van der Waals surface area contributed by atoms with E-state index in [-0.39, 0.29) is 5.41 Å². The molecule has 1 unspecified atom stereocenters. The molecule has 1 aliphatic heterocycles. The van der Waals surface area contributed by atoms with Crippen LogP contribution >= 0.6 is 0 Å². The van der Waals surface area contributed by atoms with Crippen molar-refractivity contribution in [3.8, 4) is 0 Å². The molecule has 0 aliphatic carbocycles. The van der Waals surface area contributed by atoms with E-state index in [2.05, 4.69) is 18.7 Å². The van der Waals surface area contributed by atoms with Crippen molar-refractivity contribution in [2.24, 2.45) is 5.41 Å². The summed E-state index contributed by atoms with van der Waals surface area (Å²) in [5, 5.41) is 0. The topological polar surface area (TPSA) is 20.3 Å². The fourth-order valence-electron chi connectivity index (χ4n) is 2.04. The molecular weight excluding hydrogens is 174 g/mol. The molecule has 1 heterocycles. The normalized spacial score (nSPS) is 23.9. The molecule has 0 aromatic rings. The first-order valence-electron chi connectivity index (χ1n) is 5.89. The van der Waals surface area contributed by atoms with Crippen molar-refractivity contribution in [2.45, 2.75) is 46.0 Å². The third-order valence-corrected chi connectivity index (χ3v) is 3.38. The van der Waals surface area contributed by atoms with E-state index >= 15 is 0 Å². The average molecular weight is 197 g/mol. The molecule has 1 atom stereocenters. The van der Waals surface area contributed by atoms with Crippen LogP contribution in [-0.4, -0.2) is 30.8 Å². The number of rotatable bonds is 4. The summed E-state index contributed by atoms with van der Waals surface area (Å²) in [5.74, 6) is 0. The van der Waals surface area contributed by atoms with Crippen LogP contribution in [0.25, 0.3) is 0 Å². The molecule has 0 radical (unpaired) electrons. The van der Waals surface area contributed by atoms with E-state index < -0.39 is 0 Å². The Morgan fingerprint density at radius 2 is 1.79 bits per heavy atom. The third-order valence-electron chi connectivity index (χ3n) is 3.38. The van der Waals surface area contributed by atoms with E-state index in [1.54, 1.807) is 0 Å². The Morgan fingerprint density at radius 1 is 1.21 bits per heavy atom. The fraction of sp³-hybridized carbons (Fsp3) is 0.917. The molecule has 1 saturated heterocycles. The van der Waals surface area contributed by atoms with Gasteiger partial charge in [-0.3, -0.25) is 0 Å². The summed E-state index contributed by atoms with van der Waals surface area (Å²) in [6.45, 7) is 7.50. The fourth-order valence-corrected chi connectivity index (χ4v) is 2.04. The maximum absolute atomic E-state index is 11.0. The smallest absolute Gasteiger partial charge is 0.127 e. The lowest BCUT2D eigenvalue weighted by atomic mass is 9.89. The van der Waals surface area contributed by atoms with Crippen LogP contribution in [0.3, 0.4) is 0 Å². The number of carbonyl (C=O) groups is 1. The maximum atomic E-state index is 11.0. The quantitative estimate of drug-likeness (QED) is 0.645. The van der Waals surface area contributed by atoms with Crippen molar-refractivity contribution < 1.29 is 4.79 Å². The first kappa shape index (κ1) is 11.7. The van der Waals surface area contributed by atoms with Crippen LogP contribution in [-0.2, 0) is 4.79 Å². The van der Waals surface area contributed by atoms with E-state index in [0.717, 1.165) is 19.3 Å². The highest BCUT2D eigenvalue weighted by Gasteiger charge is 2.24. The highest BCUT2D eigenvalue weighted by Crippen LogP contribution is 2.21. The molecule has 1 aliphatic rings. The number of hydrogen-bond donors (Lipinski definition) is 0. The van der Waals surface area contributed by atoms with Crippen LogP contribution in [0.2, 0.25) is 0 Å². The molecule has 0 aromatic heterocycles. The monoisotopic (exact) mass is 197 g/mol. The Balaban J connectivity index is 2.43. The molecule has 1 fully saturated rings. The predicted octanol–water partition coefficient (Wildman–Crippen LogP) is 2.48. The van der Waals surface area contributed by atoms with Crippen LogP contribution in [0.15, 0.2) is 0 Å². The van der Waals surface area contributed by atoms with Gasteiger partial charge in [0.15, 0.2) is 0 Å². The first-order valence-corrected chi connectivity index (χ1v) is 5.89. The minimum atomic E-state index is -0.121. The molecule has 82 valence electrons. The van der Waals surface area contributed by atoms with Gasteiger partial charge in [0.1, 0.15) is 6.29 Å². The van der Waals surface area contributed by atoms with Gasteiger partial charge >= 0.3 is 0 Å². The summed E-state index contributed by atoms with van der Waals surface area (Å²) in [7, 11) is 0. The Labute approximate surface area is 87.7 Å². The van der Waals surface area contributed by atoms with Gasteiger partial charge in [-0.2, -0.15) is 0 Å². The Bertz CT molecular complexity index is 173. The lowest BCUT2D eigenvalue weighted by molar-refractivity contribution is -0.116. The second kappa shape index (κ2) is 5.50. The summed E-state index contributed by atoms with van der Waals surface area (Å²) in [6, 6.07) is 0. The standard InChI is InChI=1S/C12H23NO/c1-3-12(2,11-14)10-13-8-6-4-5-7-9-13/h11H,3-10H2,1-2H3. The van der Waals surface area contributed by atoms with Crippen molar-refractivity contribution in [3.63, 3.8) is 0 Å². The van der Waals surface area contributed by atoms with Crippen molar-refractivity contribution in [1.82, 2.24) is 4.90 Å². The zero-order valence-electron chi connectivity index (χ0n) is 9.59. The largest absolute Gasteiger partial charge is 0.303 e. The summed E-state index contributed by atoms with van der Waals surface area (Å²) < 4.78 is 0. The molecule has 0 bridgehead atoms. The molecule has 14 heavy (non-hydrogen) atoms. The van der Waals surface area contributed by atoms with Gasteiger partial charge in [-0.15, -0.1) is 0 Å². The first-order chi connectivity index (χ1) is 6.70. The second-order valence-corrected chi connectivity index (χ2v) is 4.82. The summed E-state index contributed by atoms with van der Waals surface area (Å²) in [4.78, 5) is 13.5. The van der Waals surface area contributed by atoms with E-state index in [0.29, 0.717) is 0 Å². The van der Waals surface area contributed by atoms with Crippen LogP contribution in [0.4, 0.5) is 0 Å². The van der Waals surface area contributed by atoms with Crippen molar-refractivity contribution in [3.05, 3.63) is 0 Å². The SMILES string of the molecule is CCC(C)(C=O)CN1CCCCCC1. The van der Waals surface area contributed by atoms with Gasteiger partial charge in [-0.05, 0) is 32.4 Å². The van der Waals surface area contributed by atoms with Crippen molar-refractivity contribution in [2.75, 3.05) is 19.6 Å². The molecule has 2 nitrogen and oxygen atoms in total. The lowest BCUT2D eigenvalue weighted by Crippen LogP contribution is -2.37. The Morgan fingerprint density at radius 3 is 2.21 bits per heavy atom. The molecule has 0 N–H and O–H groups in total. The van der Waals surface area contributed by atoms with Gasteiger partial charge in [0.2, 0.25) is 0 Å². The van der Waals surface area contributed by atoms with E-state index in [1.807, 2.05) is 0 Å². The second-order valence-electron chi connectivity index (χ2n) is 4.82. The minimum Gasteiger partial charge on any atom is -0.303 e. The van der Waals surface area contributed by atoms with Crippen molar-refractivity contribution >= 4 is 6.29 Å². The molecule has 0 aromatic carbocycles. The van der Waals surface area contributed by atoms with Gasteiger partial charge in [0.25, 0.3) is 0 Å². The summed E-state index contributed by atoms with van der Waals surface area (Å²) >= 11 is 0. The molecule has 0 spiro atoms. The summed E-state index contributed by atoms with van der Waals surface area (Å²) in [6.07, 6.45) is 7.42. The maximum Gasteiger partial charge on any atom is 0.127 e. The minimum absolute atomic E-state index is 0.121. The zero-order chi connectivity index (χ0) is 10.4. The molecule has 2 heteroatoms. The van der Waals surface area contributed by atoms with Crippen LogP contribution in [0, 0.1) is 5.41 Å². The third kappa shape index (κ3) is 3.41. The van der Waals surface area contributed by atoms with E-state index in [4.69, 9.17) is 0 Å². The predicted molar refractivity (Wildman–Crippen MR) is 59.4 cm³/mol. The van der Waals surface area contributed by atoms with Gasteiger partial charge in [-0.25, -0.2) is 0 Å². The van der Waals surface area contributed by atoms with Crippen LogP contribution in [0.5, 0.6) is 0 Å². The molecule has 0 saturated carbocycles. The molecule has 1 rings (SSSR count). The molecule has 0 amide bonds. The van der Waals surface area contributed by atoms with E-state index in [1.165, 1.54) is 38.8 Å². The number of hydrogen-bond acceptors (Lipinski definition) is 2. The van der Waals surface area contributed by atoms with Crippen molar-refractivity contribution in [1.29, 1.82) is 0 Å². The van der Waals surface area contributed by atoms with E-state index in [9.17, 15) is 4.79 Å². The van der Waals surface area contributed by atoms with Crippen LogP contribution < -0.4 is 0 Å². The number of likely N-dealkylation sites (tertiary alicyclic amines) is 1. The highest BCUT2D eigenvalue weighted by atomic mass is 16.1. The van der Waals surface area contributed by atoms with Gasteiger partial charge in [0.05, 0.1) is 0 Å². The lowest BCUT2D eigenvalue weighted by Gasteiger charge is -2.29. The summed E-state index contributed by atoms with van der Waals surface area (Å²) in [5.41, 5.74) is -0.121. The Hall–Kier alpha value is -0.370. The average Bonchev–Trinajstić information content (AvgIpc) is 2.46. The molecular formula is C12H23NO. The van der Waals surface area contributed by atoms with Gasteiger partial charge in [-0.1, -0.05) is 26.7 Å². The number of nitrogens with zero attached hydrogens (tertiary/aromatic N) is 1. The number of carbonyl (C=O) groups excluding carboxylic acids is 1. The van der Waals surface area contributed by atoms with Crippen LogP contribution in [0.1, 0.15) is 46.0 Å².